The molecule has 0 bridgehead atoms. The molecule has 48 heavy (non-hydrogen) atoms. The molecule has 9 rings (SSSR count). The van der Waals surface area contributed by atoms with Crippen molar-refractivity contribution >= 4 is 45.7 Å². The fourth-order valence-electron chi connectivity index (χ4n) is 8.32. The number of ketones is 2. The van der Waals surface area contributed by atoms with E-state index in [1.165, 1.54) is 22.3 Å². The van der Waals surface area contributed by atoms with Gasteiger partial charge in [0.1, 0.15) is 0 Å². The highest BCUT2D eigenvalue weighted by molar-refractivity contribution is 6.53. The van der Waals surface area contributed by atoms with Gasteiger partial charge in [-0.05, 0) is 94.0 Å². The Morgan fingerprint density at radius 1 is 0.375 bits per heavy atom. The van der Waals surface area contributed by atoms with Gasteiger partial charge in [0.2, 0.25) is 11.6 Å². The Morgan fingerprint density at radius 2 is 0.667 bits per heavy atom. The average molecular weight is 623 g/mol. The van der Waals surface area contributed by atoms with E-state index in [0.717, 1.165) is 45.3 Å². The first-order valence-electron chi connectivity index (χ1n) is 16.5. The van der Waals surface area contributed by atoms with Crippen LogP contribution in [0.5, 0.6) is 0 Å². The molecule has 6 aromatic carbocycles. The number of rotatable bonds is 2. The Morgan fingerprint density at radius 3 is 0.979 bits per heavy atom. The summed E-state index contributed by atoms with van der Waals surface area (Å²) in [5, 5.41) is 0. The monoisotopic (exact) mass is 622 g/mol. The number of benzene rings is 6. The van der Waals surface area contributed by atoms with Gasteiger partial charge in [-0.25, -0.2) is 0 Å². The SMILES string of the molecule is CC1(C)c2ccccc2N(c2ccc3c(c2)-c2cc(N4c5ccccc5C(C)(C)c5ccccc54)ccc2C(=O)C3=O)c2ccccc21. The minimum Gasteiger partial charge on any atom is -0.310 e. The number of hydrogen-bond donors (Lipinski definition) is 0. The summed E-state index contributed by atoms with van der Waals surface area (Å²) in [5.74, 6) is -0.930. The minimum atomic E-state index is -0.465. The summed E-state index contributed by atoms with van der Waals surface area (Å²) < 4.78 is 0. The molecule has 6 aromatic rings. The molecule has 3 aliphatic rings. The predicted octanol–water partition coefficient (Wildman–Crippen LogP) is 11.0. The molecule has 0 saturated carbocycles. The molecule has 1 aliphatic carbocycles. The third kappa shape index (κ3) is 3.77. The Hall–Kier alpha value is -5.74. The van der Waals surface area contributed by atoms with Crippen molar-refractivity contribution in [1.29, 1.82) is 0 Å². The van der Waals surface area contributed by atoms with Crippen LogP contribution in [0.3, 0.4) is 0 Å². The van der Waals surface area contributed by atoms with Crippen LogP contribution in [-0.2, 0) is 10.8 Å². The molecule has 2 heterocycles. The van der Waals surface area contributed by atoms with E-state index >= 15 is 0 Å². The van der Waals surface area contributed by atoms with E-state index in [4.69, 9.17) is 0 Å². The summed E-state index contributed by atoms with van der Waals surface area (Å²) in [6.07, 6.45) is 0. The zero-order valence-corrected chi connectivity index (χ0v) is 27.4. The van der Waals surface area contributed by atoms with Gasteiger partial charge < -0.3 is 9.80 Å². The van der Waals surface area contributed by atoms with Crippen molar-refractivity contribution in [3.63, 3.8) is 0 Å². The number of anilines is 6. The lowest BCUT2D eigenvalue weighted by molar-refractivity contribution is 0.0815. The molecule has 0 fully saturated rings. The normalized spacial score (nSPS) is 16.2. The molecule has 0 atom stereocenters. The maximum absolute atomic E-state index is 13.6. The van der Waals surface area contributed by atoms with E-state index < -0.39 is 11.6 Å². The quantitative estimate of drug-likeness (QED) is 0.180. The van der Waals surface area contributed by atoms with E-state index in [9.17, 15) is 9.59 Å². The third-order valence-electron chi connectivity index (χ3n) is 10.8. The number of fused-ring (bicyclic) bond motifs is 7. The van der Waals surface area contributed by atoms with Crippen LogP contribution < -0.4 is 9.80 Å². The standard InChI is InChI=1S/C44H34N2O2/c1-43(2)33-13-5-9-17-37(33)45(38-18-10-6-14-34(38)43)27-21-23-29-31(25-27)32-26-28(22-24-30(32)42(48)41(29)47)46-39-19-11-7-15-35(39)44(3,4)36-16-8-12-20-40(36)46/h5-26H,1-4H3. The number of Topliss-reactive ketones (excluding diaryl/α,β-unsaturated/α-hetero) is 2. The van der Waals surface area contributed by atoms with Crippen LogP contribution in [0.1, 0.15) is 70.7 Å². The number of nitrogens with zero attached hydrogens (tertiary/aromatic N) is 2. The van der Waals surface area contributed by atoms with Crippen LogP contribution in [0.15, 0.2) is 133 Å². The van der Waals surface area contributed by atoms with Crippen molar-refractivity contribution in [2.24, 2.45) is 0 Å². The largest absolute Gasteiger partial charge is 0.310 e. The van der Waals surface area contributed by atoms with Gasteiger partial charge in [0, 0.05) is 33.3 Å². The van der Waals surface area contributed by atoms with Gasteiger partial charge in [0.05, 0.1) is 22.7 Å². The van der Waals surface area contributed by atoms with Crippen molar-refractivity contribution < 1.29 is 9.59 Å². The summed E-state index contributed by atoms with van der Waals surface area (Å²) in [6.45, 7) is 9.09. The van der Waals surface area contributed by atoms with Gasteiger partial charge in [0.25, 0.3) is 0 Å². The highest BCUT2D eigenvalue weighted by Gasteiger charge is 2.39. The van der Waals surface area contributed by atoms with E-state index in [0.29, 0.717) is 11.1 Å². The van der Waals surface area contributed by atoms with Gasteiger partial charge in [0.15, 0.2) is 0 Å². The Bertz CT molecular complexity index is 2100. The maximum Gasteiger partial charge on any atom is 0.234 e. The topological polar surface area (TPSA) is 40.6 Å². The van der Waals surface area contributed by atoms with Crippen LogP contribution in [0.2, 0.25) is 0 Å². The van der Waals surface area contributed by atoms with E-state index in [2.05, 4.69) is 147 Å². The molecule has 0 amide bonds. The van der Waals surface area contributed by atoms with E-state index in [-0.39, 0.29) is 10.8 Å². The lowest BCUT2D eigenvalue weighted by Crippen LogP contribution is -2.31. The second-order valence-electron chi connectivity index (χ2n) is 14.1. The molecule has 0 unspecified atom stereocenters. The van der Waals surface area contributed by atoms with E-state index in [1.807, 2.05) is 24.3 Å². The second-order valence-corrected chi connectivity index (χ2v) is 14.1. The van der Waals surface area contributed by atoms with E-state index in [1.54, 1.807) is 0 Å². The van der Waals surface area contributed by atoms with Crippen molar-refractivity contribution in [3.8, 4) is 11.1 Å². The summed E-state index contributed by atoms with van der Waals surface area (Å²) in [5.41, 5.74) is 13.3. The van der Waals surface area contributed by atoms with Gasteiger partial charge in [-0.3, -0.25) is 9.59 Å². The first-order valence-corrected chi connectivity index (χ1v) is 16.5. The highest BCUT2D eigenvalue weighted by Crippen LogP contribution is 2.54. The maximum atomic E-state index is 13.6. The second kappa shape index (κ2) is 9.88. The lowest BCUT2D eigenvalue weighted by Gasteiger charge is -2.42. The number of carbonyl (C=O) groups is 2. The molecule has 0 spiro atoms. The molecular formula is C44H34N2O2. The summed E-state index contributed by atoms with van der Waals surface area (Å²) in [4.78, 5) is 31.7. The number of hydrogen-bond acceptors (Lipinski definition) is 4. The molecular weight excluding hydrogens is 588 g/mol. The Balaban J connectivity index is 1.25. The minimum absolute atomic E-state index is 0.183. The van der Waals surface area contributed by atoms with Crippen molar-refractivity contribution in [2.75, 3.05) is 9.80 Å². The van der Waals surface area contributed by atoms with Crippen LogP contribution in [0, 0.1) is 0 Å². The zero-order valence-electron chi connectivity index (χ0n) is 27.4. The van der Waals surface area contributed by atoms with Crippen LogP contribution in [0.25, 0.3) is 11.1 Å². The third-order valence-corrected chi connectivity index (χ3v) is 10.8. The van der Waals surface area contributed by atoms with Crippen molar-refractivity contribution in [3.05, 3.63) is 167 Å². The fraction of sp³-hybridized carbons (Fsp3) is 0.136. The Kier molecular flexibility index (Phi) is 5.86. The first kappa shape index (κ1) is 28.5. The molecule has 0 N–H and O–H groups in total. The summed E-state index contributed by atoms with van der Waals surface area (Å²) in [6, 6.07) is 46.0. The zero-order chi connectivity index (χ0) is 32.9. The molecule has 0 aromatic heterocycles. The number of carbonyl (C=O) groups excluding carboxylic acids is 2. The van der Waals surface area contributed by atoms with Crippen LogP contribution in [0.4, 0.5) is 34.1 Å². The lowest BCUT2D eigenvalue weighted by atomic mass is 9.73. The molecule has 4 nitrogen and oxygen atoms in total. The molecule has 232 valence electrons. The van der Waals surface area contributed by atoms with Gasteiger partial charge in [-0.1, -0.05) is 100 Å². The van der Waals surface area contributed by atoms with Crippen molar-refractivity contribution in [2.45, 2.75) is 38.5 Å². The van der Waals surface area contributed by atoms with Crippen LogP contribution in [-0.4, -0.2) is 11.6 Å². The Labute approximate surface area is 280 Å². The molecule has 2 aliphatic heterocycles. The summed E-state index contributed by atoms with van der Waals surface area (Å²) in [7, 11) is 0. The first-order chi connectivity index (χ1) is 23.2. The average Bonchev–Trinajstić information content (AvgIpc) is 3.11. The molecule has 0 saturated heterocycles. The van der Waals surface area contributed by atoms with Gasteiger partial charge in [-0.2, -0.15) is 0 Å². The highest BCUT2D eigenvalue weighted by atomic mass is 16.2. The molecule has 0 radical (unpaired) electrons. The predicted molar refractivity (Wildman–Crippen MR) is 194 cm³/mol. The molecule has 4 heteroatoms. The fourth-order valence-corrected chi connectivity index (χ4v) is 8.32. The summed E-state index contributed by atoms with van der Waals surface area (Å²) >= 11 is 0. The van der Waals surface area contributed by atoms with Crippen LogP contribution >= 0.6 is 0 Å². The van der Waals surface area contributed by atoms with Gasteiger partial charge in [-0.15, -0.1) is 0 Å². The van der Waals surface area contributed by atoms with Crippen molar-refractivity contribution in [1.82, 2.24) is 0 Å². The van der Waals surface area contributed by atoms with Gasteiger partial charge >= 0.3 is 0 Å². The smallest absolute Gasteiger partial charge is 0.234 e. The number of para-hydroxylation sites is 4.